The summed E-state index contributed by atoms with van der Waals surface area (Å²) in [6, 6.07) is 0. The van der Waals surface area contributed by atoms with Crippen LogP contribution in [0.5, 0.6) is 0 Å². The van der Waals surface area contributed by atoms with E-state index in [-0.39, 0.29) is 17.6 Å². The third-order valence-electron chi connectivity index (χ3n) is 5.55. The number of aryl methyl sites for hydroxylation is 2. The highest BCUT2D eigenvalue weighted by Crippen LogP contribution is 2.49. The first-order chi connectivity index (χ1) is 12.8. The minimum atomic E-state index is -3.34. The highest BCUT2D eigenvalue weighted by Gasteiger charge is 2.59. The summed E-state index contributed by atoms with van der Waals surface area (Å²) in [5.41, 5.74) is 0.0983. The third kappa shape index (κ3) is 2.85. The SMILES string of the molecule is CCS(=O)(=O)N1CC(c2nc(C)no2)C2(CN(C(=O)c3cncn3C)C2)C1. The van der Waals surface area contributed by atoms with E-state index in [0.717, 1.165) is 0 Å². The Morgan fingerprint density at radius 2 is 2.11 bits per heavy atom. The van der Waals surface area contributed by atoms with E-state index in [1.54, 1.807) is 36.7 Å². The number of likely N-dealkylation sites (tertiary alicyclic amines) is 1. The molecule has 27 heavy (non-hydrogen) atoms. The van der Waals surface area contributed by atoms with Crippen LogP contribution in [-0.2, 0) is 17.1 Å². The number of carbonyl (C=O) groups excluding carboxylic acids is 1. The van der Waals surface area contributed by atoms with Gasteiger partial charge in [-0.25, -0.2) is 17.7 Å². The number of rotatable bonds is 4. The van der Waals surface area contributed by atoms with Crippen LogP contribution in [0.3, 0.4) is 0 Å². The van der Waals surface area contributed by atoms with Crippen LogP contribution >= 0.6 is 0 Å². The molecule has 1 amide bonds. The average Bonchev–Trinajstić information content (AvgIpc) is 3.30. The van der Waals surface area contributed by atoms with E-state index in [9.17, 15) is 13.2 Å². The monoisotopic (exact) mass is 394 g/mol. The highest BCUT2D eigenvalue weighted by atomic mass is 32.2. The lowest BCUT2D eigenvalue weighted by Crippen LogP contribution is -2.61. The Kier molecular flexibility index (Phi) is 4.11. The number of amides is 1. The summed E-state index contributed by atoms with van der Waals surface area (Å²) < 4.78 is 33.4. The van der Waals surface area contributed by atoms with Crippen molar-refractivity contribution in [2.24, 2.45) is 12.5 Å². The standard InChI is InChI=1S/C16H22N6O4S/c1-4-27(24,25)22-6-12(14-18-11(2)19-26-14)16(9-22)7-21(8-16)15(23)13-5-17-10-20(13)3/h5,10,12H,4,6-9H2,1-3H3. The Bertz CT molecular complexity index is 975. The zero-order valence-electron chi connectivity index (χ0n) is 15.5. The third-order valence-corrected chi connectivity index (χ3v) is 7.35. The maximum Gasteiger partial charge on any atom is 0.272 e. The molecule has 2 aliphatic heterocycles. The number of hydrogen-bond donors (Lipinski definition) is 0. The van der Waals surface area contributed by atoms with Crippen molar-refractivity contribution < 1.29 is 17.7 Å². The second-order valence-corrected chi connectivity index (χ2v) is 9.60. The van der Waals surface area contributed by atoms with Gasteiger partial charge in [0.2, 0.25) is 15.9 Å². The molecule has 0 aliphatic carbocycles. The molecule has 10 nitrogen and oxygen atoms in total. The normalized spacial score (nSPS) is 22.3. The molecule has 0 radical (unpaired) electrons. The number of aromatic nitrogens is 4. The molecule has 2 fully saturated rings. The minimum Gasteiger partial charge on any atom is -0.339 e. The molecule has 0 bridgehead atoms. The smallest absolute Gasteiger partial charge is 0.272 e. The van der Waals surface area contributed by atoms with Gasteiger partial charge in [0, 0.05) is 38.6 Å². The van der Waals surface area contributed by atoms with Crippen LogP contribution in [0.25, 0.3) is 0 Å². The van der Waals surface area contributed by atoms with E-state index < -0.39 is 15.4 Å². The minimum absolute atomic E-state index is 0.0380. The summed E-state index contributed by atoms with van der Waals surface area (Å²) in [6.07, 6.45) is 3.12. The fraction of sp³-hybridized carbons (Fsp3) is 0.625. The first-order valence-corrected chi connectivity index (χ1v) is 10.4. The molecule has 1 spiro atoms. The van der Waals surface area contributed by atoms with Gasteiger partial charge in [0.05, 0.1) is 24.2 Å². The Morgan fingerprint density at radius 3 is 2.67 bits per heavy atom. The number of nitrogens with zero attached hydrogens (tertiary/aromatic N) is 6. The van der Waals surface area contributed by atoms with E-state index in [1.807, 2.05) is 0 Å². The Hall–Kier alpha value is -2.27. The number of carbonyl (C=O) groups is 1. The average molecular weight is 394 g/mol. The van der Waals surface area contributed by atoms with Gasteiger partial charge in [-0.3, -0.25) is 4.79 Å². The van der Waals surface area contributed by atoms with Crippen molar-refractivity contribution in [3.63, 3.8) is 0 Å². The summed E-state index contributed by atoms with van der Waals surface area (Å²) in [5, 5.41) is 3.85. The molecule has 4 rings (SSSR count). The molecule has 1 atom stereocenters. The van der Waals surface area contributed by atoms with Gasteiger partial charge in [-0.1, -0.05) is 5.16 Å². The zero-order chi connectivity index (χ0) is 19.4. The van der Waals surface area contributed by atoms with Crippen molar-refractivity contribution in [3.8, 4) is 0 Å². The highest BCUT2D eigenvalue weighted by molar-refractivity contribution is 7.89. The summed E-state index contributed by atoms with van der Waals surface area (Å²) in [7, 11) is -1.57. The summed E-state index contributed by atoms with van der Waals surface area (Å²) in [4.78, 5) is 22.7. The van der Waals surface area contributed by atoms with Crippen LogP contribution in [0.1, 0.15) is 35.0 Å². The van der Waals surface area contributed by atoms with Gasteiger partial charge in [-0.05, 0) is 13.8 Å². The van der Waals surface area contributed by atoms with Gasteiger partial charge in [0.1, 0.15) is 5.69 Å². The molecule has 11 heteroatoms. The maximum atomic E-state index is 12.7. The van der Waals surface area contributed by atoms with Gasteiger partial charge < -0.3 is 14.0 Å². The van der Waals surface area contributed by atoms with Crippen molar-refractivity contribution in [3.05, 3.63) is 29.9 Å². The molecule has 4 heterocycles. The van der Waals surface area contributed by atoms with Crippen molar-refractivity contribution >= 4 is 15.9 Å². The molecule has 0 N–H and O–H groups in total. The number of sulfonamides is 1. The summed E-state index contributed by atoms with van der Waals surface area (Å²) in [5.74, 6) is 0.651. The van der Waals surface area contributed by atoms with Crippen LogP contribution in [0, 0.1) is 12.3 Å². The summed E-state index contributed by atoms with van der Waals surface area (Å²) in [6.45, 7) is 4.90. The van der Waals surface area contributed by atoms with E-state index in [4.69, 9.17) is 4.52 Å². The largest absolute Gasteiger partial charge is 0.339 e. The van der Waals surface area contributed by atoms with E-state index in [0.29, 0.717) is 43.6 Å². The molecule has 2 aromatic heterocycles. The molecule has 1 unspecified atom stereocenters. The van der Waals surface area contributed by atoms with Crippen molar-refractivity contribution in [1.82, 2.24) is 28.9 Å². The molecule has 2 aromatic rings. The van der Waals surface area contributed by atoms with Gasteiger partial charge in [-0.15, -0.1) is 0 Å². The van der Waals surface area contributed by atoms with Gasteiger partial charge in [0.15, 0.2) is 5.82 Å². The lowest BCUT2D eigenvalue weighted by atomic mass is 9.71. The first kappa shape index (κ1) is 18.1. The van der Waals surface area contributed by atoms with Gasteiger partial charge in [-0.2, -0.15) is 4.98 Å². The summed E-state index contributed by atoms with van der Waals surface area (Å²) >= 11 is 0. The molecule has 2 saturated heterocycles. The van der Waals surface area contributed by atoms with Crippen molar-refractivity contribution in [1.29, 1.82) is 0 Å². The maximum absolute atomic E-state index is 12.7. The molecule has 0 aromatic carbocycles. The Balaban J connectivity index is 1.60. The predicted molar refractivity (Wildman–Crippen MR) is 94.4 cm³/mol. The zero-order valence-corrected chi connectivity index (χ0v) is 16.3. The lowest BCUT2D eigenvalue weighted by Gasteiger charge is -2.50. The molecule has 0 saturated carbocycles. The van der Waals surface area contributed by atoms with Crippen molar-refractivity contribution in [2.75, 3.05) is 31.9 Å². The fourth-order valence-electron chi connectivity index (χ4n) is 4.02. The second kappa shape index (κ2) is 6.13. The lowest BCUT2D eigenvalue weighted by molar-refractivity contribution is 0.000612. The van der Waals surface area contributed by atoms with Crippen LogP contribution in [-0.4, -0.2) is 75.2 Å². The molecule has 2 aliphatic rings. The number of hydrogen-bond acceptors (Lipinski definition) is 7. The van der Waals surface area contributed by atoms with Gasteiger partial charge in [0.25, 0.3) is 5.91 Å². The molecule has 146 valence electrons. The topological polar surface area (TPSA) is 114 Å². The Labute approximate surface area is 157 Å². The number of imidazole rings is 1. The first-order valence-electron chi connectivity index (χ1n) is 8.79. The van der Waals surface area contributed by atoms with Crippen molar-refractivity contribution in [2.45, 2.75) is 19.8 Å². The van der Waals surface area contributed by atoms with E-state index >= 15 is 0 Å². The van der Waals surface area contributed by atoms with Crippen LogP contribution in [0.2, 0.25) is 0 Å². The Morgan fingerprint density at radius 1 is 1.37 bits per heavy atom. The molecular formula is C16H22N6O4S. The fourth-order valence-corrected chi connectivity index (χ4v) is 5.21. The van der Waals surface area contributed by atoms with Crippen LogP contribution in [0.15, 0.2) is 17.0 Å². The van der Waals surface area contributed by atoms with E-state index in [1.165, 1.54) is 10.5 Å². The quantitative estimate of drug-likeness (QED) is 0.717. The molecular weight excluding hydrogens is 372 g/mol. The van der Waals surface area contributed by atoms with Gasteiger partial charge >= 0.3 is 0 Å². The second-order valence-electron chi connectivity index (χ2n) is 7.34. The van der Waals surface area contributed by atoms with Crippen LogP contribution < -0.4 is 0 Å². The predicted octanol–water partition coefficient (Wildman–Crippen LogP) is 0.00282. The van der Waals surface area contributed by atoms with E-state index in [2.05, 4.69) is 15.1 Å². The van der Waals surface area contributed by atoms with Crippen LogP contribution in [0.4, 0.5) is 0 Å².